The molecule has 6 nitrogen and oxygen atoms in total. The molecule has 0 aliphatic heterocycles. The molecule has 112 valence electrons. The molecule has 0 bridgehead atoms. The number of ketones is 1. The highest BCUT2D eigenvalue weighted by Crippen LogP contribution is 2.38. The average Bonchev–Trinajstić information content (AvgIpc) is 2.53. The van der Waals surface area contributed by atoms with Crippen LogP contribution in [0.2, 0.25) is 0 Å². The van der Waals surface area contributed by atoms with E-state index in [9.17, 15) is 14.7 Å². The van der Waals surface area contributed by atoms with Crippen LogP contribution in [0.25, 0.3) is 11.8 Å². The third-order valence-corrected chi connectivity index (χ3v) is 3.44. The maximum absolute atomic E-state index is 12.4. The lowest BCUT2D eigenvalue weighted by molar-refractivity contribution is 0.103. The summed E-state index contributed by atoms with van der Waals surface area (Å²) >= 11 is 0. The molecule has 1 aliphatic carbocycles. The standard InChI is InChI=1S/C17H9NO5/c18-8-9-1-3-10(4-2-9)16(20)13-5-11-6-15(23-17(21)22)12(11)7-14(13)19/h1-7,19H,(H,21,22). The molecular formula is C17H9NO5. The zero-order valence-electron chi connectivity index (χ0n) is 11.6. The Kier molecular flexibility index (Phi) is 3.31. The van der Waals surface area contributed by atoms with Crippen LogP contribution in [-0.2, 0) is 4.74 Å². The Bertz CT molecular complexity index is 904. The largest absolute Gasteiger partial charge is 0.511 e. The molecule has 0 fully saturated rings. The lowest BCUT2D eigenvalue weighted by Crippen LogP contribution is -2.09. The Morgan fingerprint density at radius 1 is 1.13 bits per heavy atom. The van der Waals surface area contributed by atoms with Gasteiger partial charge in [-0.1, -0.05) is 0 Å². The number of hydrogen-bond acceptors (Lipinski definition) is 5. The van der Waals surface area contributed by atoms with Crippen LogP contribution in [0.15, 0.2) is 36.4 Å². The second kappa shape index (κ2) is 5.31. The minimum absolute atomic E-state index is 0.0964. The number of phenolic OH excluding ortho intramolecular Hbond substituents is 1. The maximum Gasteiger partial charge on any atom is 0.511 e. The highest BCUT2D eigenvalue weighted by Gasteiger charge is 2.25. The lowest BCUT2D eigenvalue weighted by atomic mass is 9.90. The van der Waals surface area contributed by atoms with Gasteiger partial charge in [0, 0.05) is 11.1 Å². The van der Waals surface area contributed by atoms with Crippen molar-refractivity contribution in [3.8, 4) is 11.8 Å². The van der Waals surface area contributed by atoms with Crippen molar-refractivity contribution in [1.82, 2.24) is 0 Å². The van der Waals surface area contributed by atoms with Crippen LogP contribution in [-0.4, -0.2) is 22.2 Å². The number of fused-ring (bicyclic) bond motifs is 1. The van der Waals surface area contributed by atoms with Crippen LogP contribution < -0.4 is 0 Å². The van der Waals surface area contributed by atoms with Crippen molar-refractivity contribution < 1.29 is 24.5 Å². The molecule has 0 amide bonds. The highest BCUT2D eigenvalue weighted by atomic mass is 16.7. The molecule has 0 heterocycles. The van der Waals surface area contributed by atoms with Gasteiger partial charge in [0.1, 0.15) is 11.5 Å². The number of carbonyl (C=O) groups excluding carboxylic acids is 1. The van der Waals surface area contributed by atoms with Crippen LogP contribution in [0.5, 0.6) is 5.75 Å². The summed E-state index contributed by atoms with van der Waals surface area (Å²) in [6, 6.07) is 10.8. The number of carbonyl (C=O) groups is 2. The van der Waals surface area contributed by atoms with Gasteiger partial charge in [-0.2, -0.15) is 5.26 Å². The van der Waals surface area contributed by atoms with Gasteiger partial charge < -0.3 is 14.9 Å². The van der Waals surface area contributed by atoms with Crippen molar-refractivity contribution in [1.29, 1.82) is 5.26 Å². The van der Waals surface area contributed by atoms with Gasteiger partial charge in [0.25, 0.3) is 0 Å². The van der Waals surface area contributed by atoms with E-state index in [0.717, 1.165) is 0 Å². The summed E-state index contributed by atoms with van der Waals surface area (Å²) in [5.41, 5.74) is 1.90. The van der Waals surface area contributed by atoms with Gasteiger partial charge in [-0.25, -0.2) is 4.79 Å². The minimum atomic E-state index is -1.45. The van der Waals surface area contributed by atoms with Crippen LogP contribution in [0, 0.1) is 11.3 Å². The van der Waals surface area contributed by atoms with E-state index in [1.165, 1.54) is 42.5 Å². The van der Waals surface area contributed by atoms with Crippen LogP contribution in [0.4, 0.5) is 4.79 Å². The van der Waals surface area contributed by atoms with E-state index in [-0.39, 0.29) is 17.1 Å². The van der Waals surface area contributed by atoms with Gasteiger partial charge in [0.15, 0.2) is 5.78 Å². The third kappa shape index (κ3) is 2.51. The number of hydrogen-bond donors (Lipinski definition) is 2. The van der Waals surface area contributed by atoms with Gasteiger partial charge in [-0.05, 0) is 48.0 Å². The molecular weight excluding hydrogens is 298 g/mol. The average molecular weight is 307 g/mol. The number of phenols is 1. The first-order valence-corrected chi connectivity index (χ1v) is 6.54. The topological polar surface area (TPSA) is 108 Å². The number of carboxylic acid groups (broad SMARTS) is 1. The fraction of sp³-hybridized carbons (Fsp3) is 0. The fourth-order valence-corrected chi connectivity index (χ4v) is 2.29. The lowest BCUT2D eigenvalue weighted by Gasteiger charge is -2.19. The molecule has 3 rings (SSSR count). The second-order valence-corrected chi connectivity index (χ2v) is 4.85. The molecule has 0 spiro atoms. The highest BCUT2D eigenvalue weighted by molar-refractivity contribution is 6.12. The maximum atomic E-state index is 12.4. The van der Waals surface area contributed by atoms with Crippen molar-refractivity contribution in [3.63, 3.8) is 0 Å². The molecule has 0 atom stereocenters. The van der Waals surface area contributed by atoms with Crippen LogP contribution in [0.1, 0.15) is 32.6 Å². The summed E-state index contributed by atoms with van der Waals surface area (Å²) in [5, 5.41) is 27.4. The molecule has 2 N–H and O–H groups in total. The van der Waals surface area contributed by atoms with Crippen molar-refractivity contribution in [2.24, 2.45) is 0 Å². The smallest absolute Gasteiger partial charge is 0.507 e. The number of benzene rings is 2. The Balaban J connectivity index is 1.91. The Morgan fingerprint density at radius 3 is 2.43 bits per heavy atom. The van der Waals surface area contributed by atoms with Gasteiger partial charge in [-0.3, -0.25) is 4.79 Å². The summed E-state index contributed by atoms with van der Waals surface area (Å²) in [7, 11) is 0. The Hall–Kier alpha value is -3.59. The van der Waals surface area contributed by atoms with Crippen molar-refractivity contribution >= 4 is 23.8 Å². The van der Waals surface area contributed by atoms with Crippen molar-refractivity contribution in [2.45, 2.75) is 0 Å². The summed E-state index contributed by atoms with van der Waals surface area (Å²) in [6.07, 6.45) is 0.0254. The Morgan fingerprint density at radius 2 is 1.83 bits per heavy atom. The van der Waals surface area contributed by atoms with Gasteiger partial charge in [0.2, 0.25) is 0 Å². The number of nitrogens with zero attached hydrogens (tertiary/aromatic N) is 1. The fourth-order valence-electron chi connectivity index (χ4n) is 2.29. The summed E-state index contributed by atoms with van der Waals surface area (Å²) in [4.78, 5) is 22.9. The van der Waals surface area contributed by atoms with Gasteiger partial charge in [0.05, 0.1) is 17.2 Å². The van der Waals surface area contributed by atoms with E-state index in [2.05, 4.69) is 4.74 Å². The number of aromatic hydroxyl groups is 1. The van der Waals surface area contributed by atoms with Crippen molar-refractivity contribution in [3.05, 3.63) is 64.2 Å². The molecule has 0 aromatic heterocycles. The molecule has 6 heteroatoms. The Labute approximate surface area is 130 Å². The van der Waals surface area contributed by atoms with E-state index in [1.54, 1.807) is 0 Å². The predicted octanol–water partition coefficient (Wildman–Crippen LogP) is 3.00. The summed E-state index contributed by atoms with van der Waals surface area (Å²) in [5.74, 6) is -0.534. The number of ether oxygens (including phenoxy) is 1. The summed E-state index contributed by atoms with van der Waals surface area (Å²) < 4.78 is 4.53. The van der Waals surface area contributed by atoms with E-state index < -0.39 is 11.9 Å². The van der Waals surface area contributed by atoms with Crippen molar-refractivity contribution in [2.75, 3.05) is 0 Å². The normalized spacial score (nSPS) is 11.5. The number of nitriles is 1. The SMILES string of the molecule is N#Cc1ccc(C(=O)c2cc3c(cc2O)C(OC(=O)O)=C3)cc1. The van der Waals surface area contributed by atoms with Gasteiger partial charge in [-0.15, -0.1) is 0 Å². The van der Waals surface area contributed by atoms with E-state index in [4.69, 9.17) is 10.4 Å². The van der Waals surface area contributed by atoms with Crippen LogP contribution >= 0.6 is 0 Å². The molecule has 0 saturated carbocycles. The third-order valence-electron chi connectivity index (χ3n) is 3.44. The summed E-state index contributed by atoms with van der Waals surface area (Å²) in [6.45, 7) is 0. The first kappa shape index (κ1) is 14.4. The molecule has 23 heavy (non-hydrogen) atoms. The molecule has 0 unspecified atom stereocenters. The minimum Gasteiger partial charge on any atom is -0.507 e. The van der Waals surface area contributed by atoms with Crippen LogP contribution in [0.3, 0.4) is 0 Å². The monoisotopic (exact) mass is 307 g/mol. The first-order chi connectivity index (χ1) is 11.0. The van der Waals surface area contributed by atoms with E-state index in [0.29, 0.717) is 22.3 Å². The van der Waals surface area contributed by atoms with E-state index in [1.807, 2.05) is 6.07 Å². The second-order valence-electron chi connectivity index (χ2n) is 4.85. The molecule has 2 aromatic rings. The quantitative estimate of drug-likeness (QED) is 0.666. The zero-order chi connectivity index (χ0) is 16.6. The number of rotatable bonds is 3. The molecule has 2 aromatic carbocycles. The zero-order valence-corrected chi connectivity index (χ0v) is 11.6. The molecule has 0 saturated heterocycles. The molecule has 1 aliphatic rings. The predicted molar refractivity (Wildman–Crippen MR) is 79.7 cm³/mol. The van der Waals surface area contributed by atoms with E-state index >= 15 is 0 Å². The molecule has 0 radical (unpaired) electrons. The first-order valence-electron chi connectivity index (χ1n) is 6.54. The van der Waals surface area contributed by atoms with Gasteiger partial charge >= 0.3 is 6.16 Å².